The maximum Gasteiger partial charge on any atom is 0.331 e. The van der Waals surface area contributed by atoms with Crippen molar-refractivity contribution in [2.45, 2.75) is 18.9 Å². The van der Waals surface area contributed by atoms with Gasteiger partial charge in [0.25, 0.3) is 0 Å². The highest BCUT2D eigenvalue weighted by Crippen LogP contribution is 2.21. The van der Waals surface area contributed by atoms with E-state index in [4.69, 9.17) is 0 Å². The lowest BCUT2D eigenvalue weighted by atomic mass is 10.1. The molecule has 0 heterocycles. The third-order valence-corrected chi connectivity index (χ3v) is 2.80. The lowest BCUT2D eigenvalue weighted by molar-refractivity contribution is -0.134. The predicted octanol–water partition coefficient (Wildman–Crippen LogP) is 1.43. The van der Waals surface area contributed by atoms with E-state index in [1.807, 2.05) is 0 Å². The molecular weight excluding hydrogens is 202 g/mol. The number of hydrogen-bond acceptors (Lipinski definition) is 3. The first-order chi connectivity index (χ1) is 7.79. The smallest absolute Gasteiger partial charge is 0.331 e. The van der Waals surface area contributed by atoms with Gasteiger partial charge in [0.05, 0.1) is 7.11 Å². The number of methoxy groups -OCH3 is 1. The van der Waals surface area contributed by atoms with Crippen LogP contribution in [0.15, 0.2) is 36.5 Å². The van der Waals surface area contributed by atoms with E-state index in [2.05, 4.69) is 34.3 Å². The highest BCUT2D eigenvalue weighted by Gasteiger charge is 2.19. The fourth-order valence-electron chi connectivity index (χ4n) is 2.00. The molecule has 0 aliphatic heterocycles. The Balaban J connectivity index is 1.88. The quantitative estimate of drug-likeness (QED) is 0.615. The van der Waals surface area contributed by atoms with Crippen molar-refractivity contribution in [1.29, 1.82) is 0 Å². The molecule has 0 unspecified atom stereocenters. The summed E-state index contributed by atoms with van der Waals surface area (Å²) in [5.41, 5.74) is 2.79. The molecule has 84 valence electrons. The molecule has 1 aliphatic carbocycles. The van der Waals surface area contributed by atoms with Crippen LogP contribution < -0.4 is 5.32 Å². The molecule has 0 aromatic heterocycles. The monoisotopic (exact) mass is 217 g/mol. The normalized spacial score (nSPS) is 15.1. The second-order valence-electron chi connectivity index (χ2n) is 3.90. The Hall–Kier alpha value is -1.77. The van der Waals surface area contributed by atoms with E-state index in [1.54, 1.807) is 6.20 Å². The Kier molecular flexibility index (Phi) is 3.25. The number of esters is 1. The number of carbonyl (C=O) groups excluding carboxylic acids is 1. The molecule has 0 spiro atoms. The molecule has 1 aromatic carbocycles. The van der Waals surface area contributed by atoms with Gasteiger partial charge >= 0.3 is 5.97 Å². The van der Waals surface area contributed by atoms with E-state index in [1.165, 1.54) is 24.3 Å². The molecule has 1 aromatic rings. The minimum absolute atomic E-state index is 0.331. The van der Waals surface area contributed by atoms with Gasteiger partial charge in [0.2, 0.25) is 0 Å². The summed E-state index contributed by atoms with van der Waals surface area (Å²) in [5.74, 6) is -0.331. The molecule has 16 heavy (non-hydrogen) atoms. The van der Waals surface area contributed by atoms with Gasteiger partial charge < -0.3 is 10.1 Å². The van der Waals surface area contributed by atoms with E-state index in [-0.39, 0.29) is 5.97 Å². The van der Waals surface area contributed by atoms with Crippen molar-refractivity contribution in [2.75, 3.05) is 7.11 Å². The predicted molar refractivity (Wildman–Crippen MR) is 61.9 cm³/mol. The van der Waals surface area contributed by atoms with Gasteiger partial charge in [-0.05, 0) is 24.0 Å². The zero-order valence-electron chi connectivity index (χ0n) is 9.27. The molecule has 0 bridgehead atoms. The average molecular weight is 217 g/mol. The van der Waals surface area contributed by atoms with E-state index < -0.39 is 0 Å². The molecule has 0 atom stereocenters. The number of benzene rings is 1. The van der Waals surface area contributed by atoms with Gasteiger partial charge in [-0.1, -0.05) is 24.3 Å². The first kappa shape index (κ1) is 10.7. The van der Waals surface area contributed by atoms with Crippen molar-refractivity contribution in [1.82, 2.24) is 5.32 Å². The number of nitrogens with one attached hydrogen (secondary N) is 1. The lowest BCUT2D eigenvalue weighted by Crippen LogP contribution is -2.24. The topological polar surface area (TPSA) is 38.3 Å². The van der Waals surface area contributed by atoms with Gasteiger partial charge in [-0.25, -0.2) is 4.79 Å². The molecular formula is C13H15NO2. The minimum Gasteiger partial charge on any atom is -0.466 e. The van der Waals surface area contributed by atoms with Crippen LogP contribution >= 0.6 is 0 Å². The van der Waals surface area contributed by atoms with Gasteiger partial charge in [-0.3, -0.25) is 0 Å². The van der Waals surface area contributed by atoms with Crippen molar-refractivity contribution >= 4 is 5.97 Å². The Morgan fingerprint density at radius 1 is 1.38 bits per heavy atom. The summed E-state index contributed by atoms with van der Waals surface area (Å²) >= 11 is 0. The van der Waals surface area contributed by atoms with Gasteiger partial charge in [0, 0.05) is 18.3 Å². The lowest BCUT2D eigenvalue weighted by Gasteiger charge is -2.07. The number of hydrogen-bond donors (Lipinski definition) is 1. The highest BCUT2D eigenvalue weighted by atomic mass is 16.5. The van der Waals surface area contributed by atoms with Crippen molar-refractivity contribution in [2.24, 2.45) is 0 Å². The van der Waals surface area contributed by atoms with Crippen LogP contribution in [0.2, 0.25) is 0 Å². The molecule has 0 saturated carbocycles. The summed E-state index contributed by atoms with van der Waals surface area (Å²) < 4.78 is 4.51. The van der Waals surface area contributed by atoms with Crippen molar-refractivity contribution in [3.8, 4) is 0 Å². The minimum atomic E-state index is -0.331. The summed E-state index contributed by atoms with van der Waals surface area (Å²) in [6, 6.07) is 8.82. The highest BCUT2D eigenvalue weighted by molar-refractivity contribution is 5.81. The maximum absolute atomic E-state index is 10.9. The Morgan fingerprint density at radius 2 is 2.00 bits per heavy atom. The first-order valence-corrected chi connectivity index (χ1v) is 5.37. The van der Waals surface area contributed by atoms with Gasteiger partial charge in [-0.15, -0.1) is 0 Å². The fourth-order valence-corrected chi connectivity index (χ4v) is 2.00. The number of rotatable bonds is 3. The standard InChI is InChI=1S/C13H15NO2/c1-16-13(15)6-7-14-12-8-10-4-2-3-5-11(10)9-12/h2-7,12,14H,8-9H2,1H3/b7-6+. The first-order valence-electron chi connectivity index (χ1n) is 5.37. The van der Waals surface area contributed by atoms with E-state index in [0.29, 0.717) is 6.04 Å². The summed E-state index contributed by atoms with van der Waals surface area (Å²) in [5, 5.41) is 3.21. The third-order valence-electron chi connectivity index (χ3n) is 2.80. The van der Waals surface area contributed by atoms with E-state index in [9.17, 15) is 4.79 Å². The molecule has 1 N–H and O–H groups in total. The van der Waals surface area contributed by atoms with Gasteiger partial charge in [0.15, 0.2) is 0 Å². The Morgan fingerprint density at radius 3 is 2.56 bits per heavy atom. The van der Waals surface area contributed by atoms with Crippen molar-refractivity contribution in [3.05, 3.63) is 47.7 Å². The van der Waals surface area contributed by atoms with Crippen LogP contribution in [-0.4, -0.2) is 19.1 Å². The Labute approximate surface area is 95.1 Å². The number of ether oxygens (including phenoxy) is 1. The zero-order chi connectivity index (χ0) is 11.4. The largest absolute Gasteiger partial charge is 0.466 e. The molecule has 0 amide bonds. The molecule has 2 rings (SSSR count). The zero-order valence-corrected chi connectivity index (χ0v) is 9.27. The van der Waals surface area contributed by atoms with Gasteiger partial charge in [-0.2, -0.15) is 0 Å². The number of carbonyl (C=O) groups is 1. The average Bonchev–Trinajstić information content (AvgIpc) is 2.71. The van der Waals surface area contributed by atoms with Crippen LogP contribution in [-0.2, 0) is 22.4 Å². The van der Waals surface area contributed by atoms with Crippen molar-refractivity contribution < 1.29 is 9.53 Å². The van der Waals surface area contributed by atoms with E-state index >= 15 is 0 Å². The second kappa shape index (κ2) is 4.84. The van der Waals surface area contributed by atoms with Crippen LogP contribution in [0.1, 0.15) is 11.1 Å². The van der Waals surface area contributed by atoms with Crippen LogP contribution in [0.5, 0.6) is 0 Å². The fraction of sp³-hybridized carbons (Fsp3) is 0.308. The van der Waals surface area contributed by atoms with Crippen LogP contribution in [0.25, 0.3) is 0 Å². The van der Waals surface area contributed by atoms with Crippen LogP contribution in [0.3, 0.4) is 0 Å². The van der Waals surface area contributed by atoms with Crippen LogP contribution in [0, 0.1) is 0 Å². The van der Waals surface area contributed by atoms with Gasteiger partial charge in [0.1, 0.15) is 0 Å². The van der Waals surface area contributed by atoms with Crippen LogP contribution in [0.4, 0.5) is 0 Å². The molecule has 0 fully saturated rings. The third kappa shape index (κ3) is 2.42. The number of fused-ring (bicyclic) bond motifs is 1. The summed E-state index contributed by atoms with van der Waals surface area (Å²) in [7, 11) is 1.37. The molecule has 0 saturated heterocycles. The maximum atomic E-state index is 10.9. The van der Waals surface area contributed by atoms with Crippen molar-refractivity contribution in [3.63, 3.8) is 0 Å². The molecule has 1 aliphatic rings. The van der Waals surface area contributed by atoms with E-state index in [0.717, 1.165) is 12.8 Å². The second-order valence-corrected chi connectivity index (χ2v) is 3.90. The summed E-state index contributed by atoms with van der Waals surface area (Å²) in [6.07, 6.45) is 5.11. The molecule has 3 heteroatoms. The summed E-state index contributed by atoms with van der Waals surface area (Å²) in [6.45, 7) is 0. The molecule has 0 radical (unpaired) electrons. The molecule has 3 nitrogen and oxygen atoms in total. The Bertz CT molecular complexity index is 387. The SMILES string of the molecule is COC(=O)/C=C/NC1Cc2ccccc2C1. The summed E-state index contributed by atoms with van der Waals surface area (Å²) in [4.78, 5) is 10.9.